The molecule has 3 N–H and O–H groups in total. The quantitative estimate of drug-likeness (QED) is 0.699. The maximum absolute atomic E-state index is 11.7. The third-order valence-corrected chi connectivity index (χ3v) is 3.20. The summed E-state index contributed by atoms with van der Waals surface area (Å²) in [6.07, 6.45) is 0.106. The summed E-state index contributed by atoms with van der Waals surface area (Å²) < 4.78 is 0. The first-order valence-electron chi connectivity index (χ1n) is 6.77. The first-order valence-corrected chi connectivity index (χ1v) is 6.77. The van der Waals surface area contributed by atoms with E-state index in [-0.39, 0.29) is 24.8 Å². The highest BCUT2D eigenvalue weighted by atomic mass is 16.4. The highest BCUT2D eigenvalue weighted by Gasteiger charge is 2.20. The van der Waals surface area contributed by atoms with Gasteiger partial charge in [0.1, 0.15) is 0 Å². The zero-order valence-corrected chi connectivity index (χ0v) is 12.1. The molecular formula is C15H20N2O4. The topological polar surface area (TPSA) is 95.5 Å². The second kappa shape index (κ2) is 8.04. The van der Waals surface area contributed by atoms with Crippen molar-refractivity contribution in [3.8, 4) is 0 Å². The Kier molecular flexibility index (Phi) is 6.39. The SMILES string of the molecule is CC(NC(=O)CCNC(=O)c1ccccc1)C(C)C(=O)O. The average Bonchev–Trinajstić information content (AvgIpc) is 2.46. The van der Waals surface area contributed by atoms with Gasteiger partial charge in [-0.25, -0.2) is 0 Å². The molecule has 0 aromatic heterocycles. The lowest BCUT2D eigenvalue weighted by Crippen LogP contribution is -2.41. The number of amides is 2. The molecule has 0 radical (unpaired) electrons. The molecule has 1 aromatic rings. The summed E-state index contributed by atoms with van der Waals surface area (Å²) in [5.41, 5.74) is 0.533. The van der Waals surface area contributed by atoms with Crippen LogP contribution in [0.1, 0.15) is 30.6 Å². The van der Waals surface area contributed by atoms with Crippen molar-refractivity contribution in [3.63, 3.8) is 0 Å². The van der Waals surface area contributed by atoms with Gasteiger partial charge in [-0.3, -0.25) is 14.4 Å². The van der Waals surface area contributed by atoms with Gasteiger partial charge in [-0.1, -0.05) is 18.2 Å². The smallest absolute Gasteiger partial charge is 0.308 e. The third kappa shape index (κ3) is 5.64. The highest BCUT2D eigenvalue weighted by molar-refractivity contribution is 5.94. The summed E-state index contributed by atoms with van der Waals surface area (Å²) in [4.78, 5) is 34.1. The molecule has 2 atom stereocenters. The van der Waals surface area contributed by atoms with E-state index in [0.717, 1.165) is 0 Å². The van der Waals surface area contributed by atoms with Crippen molar-refractivity contribution >= 4 is 17.8 Å². The van der Waals surface area contributed by atoms with Gasteiger partial charge in [-0.15, -0.1) is 0 Å². The van der Waals surface area contributed by atoms with Crippen LogP contribution in [0.4, 0.5) is 0 Å². The Hall–Kier alpha value is -2.37. The Morgan fingerprint density at radius 2 is 1.76 bits per heavy atom. The summed E-state index contributed by atoms with van der Waals surface area (Å²) in [6.45, 7) is 3.37. The standard InChI is InChI=1S/C15H20N2O4/c1-10(15(20)21)11(2)17-13(18)8-9-16-14(19)12-6-4-3-5-7-12/h3-7,10-11H,8-9H2,1-2H3,(H,16,19)(H,17,18)(H,20,21). The number of aliphatic carboxylic acids is 1. The van der Waals surface area contributed by atoms with E-state index in [2.05, 4.69) is 10.6 Å². The Labute approximate surface area is 123 Å². The first kappa shape index (κ1) is 16.7. The molecule has 6 heteroatoms. The van der Waals surface area contributed by atoms with Crippen LogP contribution in [0.2, 0.25) is 0 Å². The van der Waals surface area contributed by atoms with Crippen molar-refractivity contribution in [3.05, 3.63) is 35.9 Å². The summed E-state index contributed by atoms with van der Waals surface area (Å²) >= 11 is 0. The average molecular weight is 292 g/mol. The van der Waals surface area contributed by atoms with Gasteiger partial charge in [0.15, 0.2) is 0 Å². The molecule has 0 saturated heterocycles. The maximum Gasteiger partial charge on any atom is 0.308 e. The second-order valence-corrected chi connectivity index (χ2v) is 4.86. The molecule has 21 heavy (non-hydrogen) atoms. The minimum absolute atomic E-state index is 0.106. The number of benzene rings is 1. The van der Waals surface area contributed by atoms with Crippen molar-refractivity contribution < 1.29 is 19.5 Å². The second-order valence-electron chi connectivity index (χ2n) is 4.86. The van der Waals surface area contributed by atoms with Gasteiger partial charge in [0.25, 0.3) is 5.91 Å². The molecule has 2 unspecified atom stereocenters. The van der Waals surface area contributed by atoms with Gasteiger partial charge in [0.05, 0.1) is 5.92 Å². The normalized spacial score (nSPS) is 13.0. The Morgan fingerprint density at radius 3 is 2.33 bits per heavy atom. The van der Waals surface area contributed by atoms with Crippen LogP contribution >= 0.6 is 0 Å². The van der Waals surface area contributed by atoms with Crippen LogP contribution in [0.15, 0.2) is 30.3 Å². The largest absolute Gasteiger partial charge is 0.481 e. The molecule has 2 amide bonds. The zero-order valence-electron chi connectivity index (χ0n) is 12.1. The number of nitrogens with one attached hydrogen (secondary N) is 2. The van der Waals surface area contributed by atoms with Crippen molar-refractivity contribution in [1.82, 2.24) is 10.6 Å². The molecule has 0 aliphatic rings. The monoisotopic (exact) mass is 292 g/mol. The number of carbonyl (C=O) groups is 3. The Morgan fingerprint density at radius 1 is 1.14 bits per heavy atom. The molecule has 0 saturated carbocycles. The number of rotatable bonds is 7. The van der Waals surface area contributed by atoms with E-state index in [1.165, 1.54) is 6.92 Å². The molecule has 1 rings (SSSR count). The molecule has 6 nitrogen and oxygen atoms in total. The fraction of sp³-hybridized carbons (Fsp3) is 0.400. The van der Waals surface area contributed by atoms with Crippen LogP contribution in [0.3, 0.4) is 0 Å². The predicted octanol–water partition coefficient (Wildman–Crippen LogP) is 1.03. The van der Waals surface area contributed by atoms with Crippen molar-refractivity contribution in [2.45, 2.75) is 26.3 Å². The van der Waals surface area contributed by atoms with Gasteiger partial charge in [-0.05, 0) is 26.0 Å². The van der Waals surface area contributed by atoms with Gasteiger partial charge in [-0.2, -0.15) is 0 Å². The van der Waals surface area contributed by atoms with E-state index in [0.29, 0.717) is 5.56 Å². The number of carboxylic acid groups (broad SMARTS) is 1. The van der Waals surface area contributed by atoms with E-state index in [4.69, 9.17) is 5.11 Å². The van der Waals surface area contributed by atoms with Crippen molar-refractivity contribution in [2.24, 2.45) is 5.92 Å². The van der Waals surface area contributed by atoms with E-state index in [1.54, 1.807) is 31.2 Å². The van der Waals surface area contributed by atoms with Gasteiger partial charge < -0.3 is 15.7 Å². The lowest BCUT2D eigenvalue weighted by molar-refractivity contribution is -0.142. The van der Waals surface area contributed by atoms with Crippen molar-refractivity contribution in [1.29, 1.82) is 0 Å². The predicted molar refractivity (Wildman–Crippen MR) is 77.8 cm³/mol. The minimum atomic E-state index is -0.958. The summed E-state index contributed by atoms with van der Waals surface area (Å²) in [5, 5.41) is 14.1. The number of carboxylic acids is 1. The lowest BCUT2D eigenvalue weighted by Gasteiger charge is -2.17. The molecule has 114 valence electrons. The molecule has 0 spiro atoms. The van der Waals surface area contributed by atoms with Crippen LogP contribution < -0.4 is 10.6 Å². The van der Waals surface area contributed by atoms with Crippen LogP contribution in [-0.2, 0) is 9.59 Å². The third-order valence-electron chi connectivity index (χ3n) is 3.20. The summed E-state index contributed by atoms with van der Waals surface area (Å²) in [6, 6.07) is 8.25. The first-order chi connectivity index (χ1) is 9.91. The molecule has 0 aliphatic carbocycles. The number of carbonyl (C=O) groups excluding carboxylic acids is 2. The Bertz CT molecular complexity index is 502. The Balaban J connectivity index is 2.31. The van der Waals surface area contributed by atoms with Crippen molar-refractivity contribution in [2.75, 3.05) is 6.54 Å². The van der Waals surface area contributed by atoms with Crippen LogP contribution in [-0.4, -0.2) is 35.5 Å². The highest BCUT2D eigenvalue weighted by Crippen LogP contribution is 2.02. The molecule has 0 bridgehead atoms. The zero-order chi connectivity index (χ0) is 15.8. The minimum Gasteiger partial charge on any atom is -0.481 e. The van der Waals surface area contributed by atoms with E-state index in [1.807, 2.05) is 6.07 Å². The van der Waals surface area contributed by atoms with Gasteiger partial charge >= 0.3 is 5.97 Å². The number of hydrogen-bond donors (Lipinski definition) is 3. The van der Waals surface area contributed by atoms with Crippen LogP contribution in [0.5, 0.6) is 0 Å². The van der Waals surface area contributed by atoms with Crippen LogP contribution in [0, 0.1) is 5.92 Å². The number of hydrogen-bond acceptors (Lipinski definition) is 3. The van der Waals surface area contributed by atoms with Gasteiger partial charge in [0.2, 0.25) is 5.91 Å². The summed E-state index contributed by atoms with van der Waals surface area (Å²) in [5.74, 6) is -2.15. The molecule has 1 aromatic carbocycles. The summed E-state index contributed by atoms with van der Waals surface area (Å²) in [7, 11) is 0. The molecule has 0 heterocycles. The fourth-order valence-corrected chi connectivity index (χ4v) is 1.65. The maximum atomic E-state index is 11.7. The van der Waals surface area contributed by atoms with E-state index >= 15 is 0 Å². The molecule has 0 aliphatic heterocycles. The molecule has 0 fully saturated rings. The lowest BCUT2D eigenvalue weighted by atomic mass is 10.0. The van der Waals surface area contributed by atoms with E-state index < -0.39 is 17.9 Å². The van der Waals surface area contributed by atoms with Gasteiger partial charge in [0, 0.05) is 24.6 Å². The fourth-order valence-electron chi connectivity index (χ4n) is 1.65. The van der Waals surface area contributed by atoms with E-state index in [9.17, 15) is 14.4 Å². The molecular weight excluding hydrogens is 272 g/mol. The van der Waals surface area contributed by atoms with Crippen LogP contribution in [0.25, 0.3) is 0 Å².